The zero-order valence-corrected chi connectivity index (χ0v) is 23.0. The Labute approximate surface area is 235 Å². The zero-order chi connectivity index (χ0) is 29.9. The van der Waals surface area contributed by atoms with Crippen molar-refractivity contribution in [3.05, 3.63) is 70.2 Å². The van der Waals surface area contributed by atoms with Crippen LogP contribution in [0.2, 0.25) is 5.02 Å². The largest absolute Gasteiger partial charge is 0.587 e. The summed E-state index contributed by atoms with van der Waals surface area (Å²) in [4.78, 5) is 15.7. The number of benzene rings is 2. The Balaban J connectivity index is 1.65. The summed E-state index contributed by atoms with van der Waals surface area (Å²) >= 11 is 5.85. The van der Waals surface area contributed by atoms with Gasteiger partial charge in [-0.2, -0.15) is 4.98 Å². The summed E-state index contributed by atoms with van der Waals surface area (Å²) in [5.41, 5.74) is 1.13. The fourth-order valence-corrected chi connectivity index (χ4v) is 5.19. The molecule has 0 amide bonds. The Morgan fingerprint density at radius 1 is 1.07 bits per heavy atom. The van der Waals surface area contributed by atoms with Crippen LogP contribution in [0.15, 0.2) is 59.5 Å². The number of aliphatic hydroxyl groups is 1. The minimum atomic E-state index is -4.85. The summed E-state index contributed by atoms with van der Waals surface area (Å²) in [6.45, 7) is -1.41. The molecule has 2 heterocycles. The molecule has 2 aromatic carbocycles. The fourth-order valence-electron chi connectivity index (χ4n) is 3.78. The van der Waals surface area contributed by atoms with Crippen molar-refractivity contribution in [1.29, 1.82) is 0 Å². The van der Waals surface area contributed by atoms with E-state index in [0.29, 0.717) is 16.1 Å². The molecule has 0 bridgehead atoms. The van der Waals surface area contributed by atoms with Crippen LogP contribution < -0.4 is 29.9 Å². The fraction of sp³-hybridized carbons (Fsp3) is 0.333. The average molecular weight is 622 g/mol. The van der Waals surface area contributed by atoms with Crippen LogP contribution >= 0.6 is 19.4 Å². The van der Waals surface area contributed by atoms with Crippen LogP contribution in [0.25, 0.3) is 0 Å². The lowest BCUT2D eigenvalue weighted by Crippen LogP contribution is -2.52. The molecule has 17 heteroatoms. The van der Waals surface area contributed by atoms with E-state index in [9.17, 15) is 23.2 Å². The highest BCUT2D eigenvalue weighted by Crippen LogP contribution is 2.53. The van der Waals surface area contributed by atoms with Gasteiger partial charge in [-0.1, -0.05) is 11.6 Å². The summed E-state index contributed by atoms with van der Waals surface area (Å²) < 4.78 is 89.8. The van der Waals surface area contributed by atoms with Crippen LogP contribution in [-0.4, -0.2) is 59.8 Å². The lowest BCUT2D eigenvalue weighted by Gasteiger charge is -2.31. The van der Waals surface area contributed by atoms with Crippen molar-refractivity contribution in [2.45, 2.75) is 30.5 Å². The number of halogens is 4. The van der Waals surface area contributed by atoms with E-state index >= 15 is 4.39 Å². The quantitative estimate of drug-likeness (QED) is 0.299. The van der Waals surface area contributed by atoms with Crippen LogP contribution in [0.3, 0.4) is 0 Å². The molecule has 1 aromatic heterocycles. The van der Waals surface area contributed by atoms with Gasteiger partial charge in [0.25, 0.3) is 6.43 Å². The number of hydrogen-bond acceptors (Lipinski definition) is 11. The van der Waals surface area contributed by atoms with Crippen LogP contribution in [0.5, 0.6) is 23.0 Å². The molecule has 3 N–H and O–H groups in total. The van der Waals surface area contributed by atoms with Gasteiger partial charge in [-0.05, 0) is 48.5 Å². The average Bonchev–Trinajstić information content (AvgIpc) is 3.21. The number of phosphoric acid groups is 1. The van der Waals surface area contributed by atoms with Crippen LogP contribution in [0.1, 0.15) is 6.23 Å². The van der Waals surface area contributed by atoms with Gasteiger partial charge in [0.15, 0.2) is 18.0 Å². The molecule has 0 radical (unpaired) electrons. The highest BCUT2D eigenvalue weighted by atomic mass is 35.5. The third-order valence-electron chi connectivity index (χ3n) is 5.99. The number of aliphatic hydroxyl groups excluding tert-OH is 1. The lowest BCUT2D eigenvalue weighted by atomic mass is 9.97. The van der Waals surface area contributed by atoms with Gasteiger partial charge in [0.2, 0.25) is 0 Å². The second kappa shape index (κ2) is 12.2. The number of alkyl halides is 3. The van der Waals surface area contributed by atoms with E-state index in [1.807, 2.05) is 0 Å². The molecule has 4 atom stereocenters. The Morgan fingerprint density at radius 2 is 1.56 bits per heavy atom. The van der Waals surface area contributed by atoms with Crippen molar-refractivity contribution in [1.82, 2.24) is 9.55 Å². The highest BCUT2D eigenvalue weighted by molar-refractivity contribution is 7.49. The molecule has 1 fully saturated rings. The molecule has 0 aliphatic carbocycles. The standard InChI is InChI=1S/C24H24ClF3N3O9P/c1-35-13-3-7-15(8-4-13)39-41(34,40-16-9-5-14(36-2)6-10-16)37-12-24(22(27)28)19(32)18(26)21(38-24)31-11-17(25)20(29)30-23(31)33/h3-11,18-19,21-22,32H,12H2,1-2H3,(H2,29,30,33)/t18?,19?,21-,24-/m1/s1. The number of rotatable bonds is 11. The molecule has 0 spiro atoms. The van der Waals surface area contributed by atoms with E-state index in [0.717, 1.165) is 6.20 Å². The van der Waals surface area contributed by atoms with Crippen molar-refractivity contribution in [3.63, 3.8) is 0 Å². The lowest BCUT2D eigenvalue weighted by molar-refractivity contribution is -0.193. The third-order valence-corrected chi connectivity index (χ3v) is 7.60. The number of ether oxygens (including phenoxy) is 3. The molecule has 1 aliphatic rings. The van der Waals surface area contributed by atoms with Crippen LogP contribution in [-0.2, 0) is 13.8 Å². The number of nitrogens with zero attached hydrogens (tertiary/aromatic N) is 2. The first-order valence-corrected chi connectivity index (χ1v) is 13.5. The molecule has 222 valence electrons. The van der Waals surface area contributed by atoms with Crippen LogP contribution in [0, 0.1) is 0 Å². The molecule has 4 rings (SSSR count). The molecule has 41 heavy (non-hydrogen) atoms. The second-order valence-electron chi connectivity index (χ2n) is 8.57. The minimum absolute atomic E-state index is 0.0722. The SMILES string of the molecule is COc1ccc(OP(=O)(OC[C@@]2(C(F)F)O[C@@H](n3cc(Cl)c(N)nc3=O)C(F)C2O)Oc2ccc(OC)cc2)cc1. The number of nitrogen functional groups attached to an aromatic ring is 1. The van der Waals surface area contributed by atoms with E-state index in [-0.39, 0.29) is 16.5 Å². The van der Waals surface area contributed by atoms with Gasteiger partial charge in [-0.25, -0.2) is 22.5 Å². The van der Waals surface area contributed by atoms with E-state index in [1.54, 1.807) is 0 Å². The summed E-state index contributed by atoms with van der Waals surface area (Å²) in [6, 6.07) is 11.2. The van der Waals surface area contributed by atoms with Gasteiger partial charge in [0.05, 0.1) is 25.8 Å². The maximum absolute atomic E-state index is 15.2. The Bertz CT molecular complexity index is 1410. The normalized spacial score (nSPS) is 22.5. The molecule has 1 saturated heterocycles. The van der Waals surface area contributed by atoms with Gasteiger partial charge in [-0.15, -0.1) is 0 Å². The second-order valence-corrected chi connectivity index (χ2v) is 10.5. The maximum Gasteiger partial charge on any atom is 0.587 e. The van der Waals surface area contributed by atoms with Crippen molar-refractivity contribution >= 4 is 25.2 Å². The van der Waals surface area contributed by atoms with Gasteiger partial charge < -0.3 is 34.1 Å². The Morgan fingerprint density at radius 3 is 2.02 bits per heavy atom. The first kappa shape index (κ1) is 30.5. The minimum Gasteiger partial charge on any atom is -0.497 e. The van der Waals surface area contributed by atoms with Crippen molar-refractivity contribution in [2.75, 3.05) is 26.6 Å². The predicted octanol–water partition coefficient (Wildman–Crippen LogP) is 4.01. The van der Waals surface area contributed by atoms with Crippen molar-refractivity contribution < 1.29 is 50.6 Å². The summed E-state index contributed by atoms with van der Waals surface area (Å²) in [7, 11) is -2.02. The summed E-state index contributed by atoms with van der Waals surface area (Å²) in [6.07, 6.45) is -10.1. The molecule has 0 saturated carbocycles. The van der Waals surface area contributed by atoms with E-state index in [2.05, 4.69) is 4.98 Å². The molecular weight excluding hydrogens is 598 g/mol. The smallest absolute Gasteiger partial charge is 0.497 e. The molecular formula is C24H24ClF3N3O9P. The van der Waals surface area contributed by atoms with E-state index in [4.69, 9.17) is 45.1 Å². The number of phosphoric ester groups is 1. The Kier molecular flexibility index (Phi) is 9.04. The molecule has 2 unspecified atom stereocenters. The highest BCUT2D eigenvalue weighted by Gasteiger charge is 2.62. The summed E-state index contributed by atoms with van der Waals surface area (Å²) in [5, 5.41) is 10.3. The molecule has 12 nitrogen and oxygen atoms in total. The zero-order valence-electron chi connectivity index (χ0n) is 21.4. The first-order valence-electron chi connectivity index (χ1n) is 11.7. The number of anilines is 1. The van der Waals surface area contributed by atoms with Crippen molar-refractivity contribution in [2.24, 2.45) is 0 Å². The number of hydrogen-bond donors (Lipinski definition) is 2. The van der Waals surface area contributed by atoms with E-state index < -0.39 is 56.5 Å². The summed E-state index contributed by atoms with van der Waals surface area (Å²) in [5.74, 6) is 0.318. The van der Waals surface area contributed by atoms with Crippen molar-refractivity contribution in [3.8, 4) is 23.0 Å². The predicted molar refractivity (Wildman–Crippen MR) is 138 cm³/mol. The monoisotopic (exact) mass is 621 g/mol. The third kappa shape index (κ3) is 6.39. The maximum atomic E-state index is 15.2. The number of methoxy groups -OCH3 is 2. The molecule has 1 aliphatic heterocycles. The number of nitrogens with two attached hydrogens (primary N) is 1. The van der Waals surface area contributed by atoms with E-state index in [1.165, 1.54) is 62.8 Å². The van der Waals surface area contributed by atoms with Gasteiger partial charge >= 0.3 is 13.5 Å². The van der Waals surface area contributed by atoms with Crippen LogP contribution in [0.4, 0.5) is 19.0 Å². The topological polar surface area (TPSA) is 154 Å². The van der Waals surface area contributed by atoms with Gasteiger partial charge in [-0.3, -0.25) is 9.09 Å². The first-order chi connectivity index (χ1) is 19.4. The Hall–Kier alpha value is -3.49. The molecule has 3 aromatic rings. The van der Waals surface area contributed by atoms with Gasteiger partial charge in [0, 0.05) is 6.20 Å². The number of aromatic nitrogens is 2. The van der Waals surface area contributed by atoms with Gasteiger partial charge in [0.1, 0.15) is 34.9 Å².